The number of aromatic nitrogens is 1. The molecule has 0 saturated carbocycles. The number of hydrogen-bond donors (Lipinski definition) is 1. The van der Waals surface area contributed by atoms with Crippen molar-refractivity contribution in [2.45, 2.75) is 12.3 Å². The summed E-state index contributed by atoms with van der Waals surface area (Å²) in [5.74, 6) is -0.278. The van der Waals surface area contributed by atoms with Gasteiger partial charge in [0.05, 0.1) is 24.3 Å². The quantitative estimate of drug-likeness (QED) is 0.831. The van der Waals surface area contributed by atoms with Gasteiger partial charge in [-0.2, -0.15) is 13.2 Å². The Labute approximate surface area is 162 Å². The third-order valence-electron chi connectivity index (χ3n) is 4.13. The van der Waals surface area contributed by atoms with Gasteiger partial charge >= 0.3 is 6.18 Å². The molecule has 0 aliphatic carbocycles. The summed E-state index contributed by atoms with van der Waals surface area (Å²) in [4.78, 5) is 27.8. The average molecular weight is 417 g/mol. The Morgan fingerprint density at radius 2 is 2.14 bits per heavy atom. The minimum Gasteiger partial charge on any atom is -0.491 e. The summed E-state index contributed by atoms with van der Waals surface area (Å²) in [7, 11) is 0. The molecule has 150 valence electrons. The zero-order valence-corrected chi connectivity index (χ0v) is 15.2. The number of benzene rings is 1. The summed E-state index contributed by atoms with van der Waals surface area (Å²) in [5.41, 5.74) is -1.07. The van der Waals surface area contributed by atoms with Crippen LogP contribution in [0.25, 0.3) is 0 Å². The van der Waals surface area contributed by atoms with E-state index in [4.69, 9.17) is 21.1 Å². The molecule has 1 aliphatic rings. The fourth-order valence-electron chi connectivity index (χ4n) is 2.72. The van der Waals surface area contributed by atoms with Crippen LogP contribution in [0.1, 0.15) is 15.9 Å². The summed E-state index contributed by atoms with van der Waals surface area (Å²) in [6.45, 7) is 0.751. The van der Waals surface area contributed by atoms with E-state index in [-0.39, 0.29) is 42.0 Å². The molecule has 2 aromatic rings. The Hall–Kier alpha value is -2.52. The van der Waals surface area contributed by atoms with E-state index in [0.29, 0.717) is 6.54 Å². The second-order valence-corrected chi connectivity index (χ2v) is 6.55. The van der Waals surface area contributed by atoms with Crippen LogP contribution in [0.2, 0.25) is 5.02 Å². The van der Waals surface area contributed by atoms with Crippen molar-refractivity contribution in [3.8, 4) is 5.75 Å². The van der Waals surface area contributed by atoms with Crippen molar-refractivity contribution in [3.63, 3.8) is 0 Å². The molecule has 0 bridgehead atoms. The van der Waals surface area contributed by atoms with Gasteiger partial charge in [0.2, 0.25) is 0 Å². The van der Waals surface area contributed by atoms with Crippen LogP contribution in [0.5, 0.6) is 5.75 Å². The molecule has 0 spiro atoms. The third-order valence-corrected chi connectivity index (χ3v) is 4.41. The van der Waals surface area contributed by atoms with Crippen LogP contribution in [0.4, 0.5) is 13.2 Å². The third kappa shape index (κ3) is 4.85. The molecule has 1 atom stereocenters. The van der Waals surface area contributed by atoms with E-state index >= 15 is 0 Å². The predicted molar refractivity (Wildman–Crippen MR) is 94.7 cm³/mol. The number of aromatic amines is 1. The Bertz CT molecular complexity index is 916. The van der Waals surface area contributed by atoms with E-state index in [9.17, 15) is 22.8 Å². The van der Waals surface area contributed by atoms with E-state index < -0.39 is 23.4 Å². The van der Waals surface area contributed by atoms with Crippen LogP contribution >= 0.6 is 11.6 Å². The molecular weight excluding hydrogens is 401 g/mol. The molecule has 0 radical (unpaired) electrons. The largest absolute Gasteiger partial charge is 0.491 e. The summed E-state index contributed by atoms with van der Waals surface area (Å²) >= 11 is 5.75. The van der Waals surface area contributed by atoms with Gasteiger partial charge in [0.1, 0.15) is 23.5 Å². The predicted octanol–water partition coefficient (Wildman–Crippen LogP) is 2.97. The highest BCUT2D eigenvalue weighted by molar-refractivity contribution is 6.30. The Morgan fingerprint density at radius 1 is 1.36 bits per heavy atom. The monoisotopic (exact) mass is 416 g/mol. The van der Waals surface area contributed by atoms with Gasteiger partial charge < -0.3 is 19.4 Å². The van der Waals surface area contributed by atoms with Gasteiger partial charge in [-0.15, -0.1) is 0 Å². The summed E-state index contributed by atoms with van der Waals surface area (Å²) < 4.78 is 49.2. The van der Waals surface area contributed by atoms with E-state index in [0.717, 1.165) is 12.1 Å². The minimum atomic E-state index is -4.46. The van der Waals surface area contributed by atoms with Gasteiger partial charge in [0, 0.05) is 12.7 Å². The number of pyridine rings is 1. The molecule has 1 aromatic carbocycles. The Balaban J connectivity index is 1.61. The van der Waals surface area contributed by atoms with Gasteiger partial charge in [-0.05, 0) is 24.3 Å². The molecule has 1 N–H and O–H groups in total. The Kier molecular flexibility index (Phi) is 5.95. The lowest BCUT2D eigenvalue weighted by Gasteiger charge is -2.32. The maximum absolute atomic E-state index is 12.8. The first-order valence-electron chi connectivity index (χ1n) is 8.33. The number of nitrogens with zero attached hydrogens (tertiary/aromatic N) is 1. The number of morpholine rings is 1. The fourth-order valence-corrected chi connectivity index (χ4v) is 2.89. The number of carbonyl (C=O) groups excluding carboxylic acids is 1. The molecular formula is C18H16ClF3N2O4. The normalized spacial score (nSPS) is 17.4. The lowest BCUT2D eigenvalue weighted by atomic mass is 10.2. The average Bonchev–Trinajstić information content (AvgIpc) is 2.68. The lowest BCUT2D eigenvalue weighted by Crippen LogP contribution is -2.47. The first-order chi connectivity index (χ1) is 13.2. The SMILES string of the molecule is O=C(c1c[nH]c(=O)c(Cl)c1)N1CCOC(COc2cccc(C(F)(F)F)c2)C1. The fraction of sp³-hybridized carbons (Fsp3) is 0.333. The van der Waals surface area contributed by atoms with Crippen LogP contribution in [0.3, 0.4) is 0 Å². The van der Waals surface area contributed by atoms with Gasteiger partial charge in [-0.25, -0.2) is 0 Å². The molecule has 28 heavy (non-hydrogen) atoms. The number of halogens is 4. The van der Waals surface area contributed by atoms with Crippen molar-refractivity contribution < 1.29 is 27.4 Å². The van der Waals surface area contributed by atoms with E-state index in [1.165, 1.54) is 29.3 Å². The van der Waals surface area contributed by atoms with Crippen LogP contribution < -0.4 is 10.3 Å². The molecule has 1 saturated heterocycles. The van der Waals surface area contributed by atoms with Crippen LogP contribution in [-0.4, -0.2) is 48.2 Å². The molecule has 6 nitrogen and oxygen atoms in total. The number of hydrogen-bond acceptors (Lipinski definition) is 4. The molecule has 1 aromatic heterocycles. The van der Waals surface area contributed by atoms with Gasteiger partial charge in [-0.1, -0.05) is 17.7 Å². The maximum atomic E-state index is 12.8. The number of alkyl halides is 3. The molecule has 1 amide bonds. The molecule has 1 unspecified atom stereocenters. The second kappa shape index (κ2) is 8.24. The smallest absolute Gasteiger partial charge is 0.416 e. The number of nitrogens with one attached hydrogen (secondary N) is 1. The summed E-state index contributed by atoms with van der Waals surface area (Å²) in [6.07, 6.45) is -3.69. The van der Waals surface area contributed by atoms with Crippen molar-refractivity contribution in [2.24, 2.45) is 0 Å². The molecule has 1 aliphatic heterocycles. The summed E-state index contributed by atoms with van der Waals surface area (Å²) in [5, 5.41) is -0.0939. The van der Waals surface area contributed by atoms with E-state index in [2.05, 4.69) is 4.98 Å². The van der Waals surface area contributed by atoms with Gasteiger partial charge in [0.15, 0.2) is 0 Å². The van der Waals surface area contributed by atoms with Crippen LogP contribution in [-0.2, 0) is 10.9 Å². The van der Waals surface area contributed by atoms with Crippen molar-refractivity contribution >= 4 is 17.5 Å². The van der Waals surface area contributed by atoms with E-state index in [1.54, 1.807) is 0 Å². The van der Waals surface area contributed by atoms with Gasteiger partial charge in [-0.3, -0.25) is 9.59 Å². The first-order valence-corrected chi connectivity index (χ1v) is 8.71. The van der Waals surface area contributed by atoms with Crippen molar-refractivity contribution in [1.82, 2.24) is 9.88 Å². The first kappa shape index (κ1) is 20.2. The minimum absolute atomic E-state index is 0.0164. The molecule has 10 heteroatoms. The van der Waals surface area contributed by atoms with Crippen molar-refractivity contribution in [1.29, 1.82) is 0 Å². The number of H-pyrrole nitrogens is 1. The second-order valence-electron chi connectivity index (χ2n) is 6.15. The standard InChI is InChI=1S/C18H16ClF3N2O4/c19-15-6-11(8-23-16(15)25)17(26)24-4-5-27-14(9-24)10-28-13-3-1-2-12(7-13)18(20,21)22/h1-3,6-8,14H,4-5,9-10H2,(H,23,25). The van der Waals surface area contributed by atoms with Gasteiger partial charge in [0.25, 0.3) is 11.5 Å². The van der Waals surface area contributed by atoms with Crippen molar-refractivity contribution in [3.05, 3.63) is 63.0 Å². The number of amides is 1. The van der Waals surface area contributed by atoms with Crippen LogP contribution in [0, 0.1) is 0 Å². The van der Waals surface area contributed by atoms with Crippen LogP contribution in [0.15, 0.2) is 41.3 Å². The highest BCUT2D eigenvalue weighted by Crippen LogP contribution is 2.31. The van der Waals surface area contributed by atoms with E-state index in [1.807, 2.05) is 0 Å². The topological polar surface area (TPSA) is 71.6 Å². The highest BCUT2D eigenvalue weighted by Gasteiger charge is 2.31. The number of carbonyl (C=O) groups is 1. The zero-order chi connectivity index (χ0) is 20.3. The number of rotatable bonds is 4. The number of ether oxygens (including phenoxy) is 2. The van der Waals surface area contributed by atoms with Crippen molar-refractivity contribution in [2.75, 3.05) is 26.3 Å². The molecule has 1 fully saturated rings. The molecule has 3 rings (SSSR count). The lowest BCUT2D eigenvalue weighted by molar-refractivity contribution is -0.137. The zero-order valence-electron chi connectivity index (χ0n) is 14.5. The highest BCUT2D eigenvalue weighted by atomic mass is 35.5. The molecule has 2 heterocycles. The summed E-state index contributed by atoms with van der Waals surface area (Å²) in [6, 6.07) is 5.83. The Morgan fingerprint density at radius 3 is 2.86 bits per heavy atom. The maximum Gasteiger partial charge on any atom is 0.416 e.